The van der Waals surface area contributed by atoms with Crippen LogP contribution in [0.1, 0.15) is 39.3 Å². The molecular weight excluding hydrogens is 324 g/mol. The summed E-state index contributed by atoms with van der Waals surface area (Å²) in [6, 6.07) is 1.73. The normalized spacial score (nSPS) is 17.3. The number of carbonyl (C=O) groups is 1. The fraction of sp³-hybridized carbons (Fsp3) is 0.588. The number of hydrogen-bond acceptors (Lipinski definition) is 6. The summed E-state index contributed by atoms with van der Waals surface area (Å²) in [5, 5.41) is 9.66. The molecule has 0 atom stereocenters. The molecule has 0 bridgehead atoms. The fourth-order valence-corrected chi connectivity index (χ4v) is 2.76. The van der Waals surface area contributed by atoms with Crippen LogP contribution in [0.4, 0.5) is 4.79 Å². The van der Waals surface area contributed by atoms with Gasteiger partial charge in [0.25, 0.3) is 0 Å². The van der Waals surface area contributed by atoms with Gasteiger partial charge in [0.05, 0.1) is 11.7 Å². The minimum absolute atomic E-state index is 0.0494. The Labute approximate surface area is 146 Å². The number of ether oxygens (including phenoxy) is 1. The van der Waals surface area contributed by atoms with Crippen molar-refractivity contribution in [1.29, 1.82) is 0 Å². The van der Waals surface area contributed by atoms with E-state index in [2.05, 4.69) is 9.98 Å². The summed E-state index contributed by atoms with van der Waals surface area (Å²) in [5.74, 6) is 0.523. The Hall–Kier alpha value is -2.51. The Balaban J connectivity index is 1.68. The van der Waals surface area contributed by atoms with E-state index in [1.54, 1.807) is 17.9 Å². The van der Waals surface area contributed by atoms with Gasteiger partial charge in [0.1, 0.15) is 11.3 Å². The molecule has 0 spiro atoms. The zero-order valence-corrected chi connectivity index (χ0v) is 15.0. The highest BCUT2D eigenvalue weighted by Gasteiger charge is 2.27. The minimum Gasteiger partial charge on any atom is -0.444 e. The first-order valence-electron chi connectivity index (χ1n) is 8.43. The number of fused-ring (bicyclic) bond motifs is 1. The van der Waals surface area contributed by atoms with Crippen LogP contribution >= 0.6 is 0 Å². The molecule has 0 saturated carbocycles. The Morgan fingerprint density at radius 2 is 2.08 bits per heavy atom. The van der Waals surface area contributed by atoms with Crippen molar-refractivity contribution in [3.8, 4) is 11.5 Å². The van der Waals surface area contributed by atoms with Gasteiger partial charge in [-0.15, -0.1) is 0 Å². The Morgan fingerprint density at radius 3 is 2.72 bits per heavy atom. The molecule has 8 nitrogen and oxygen atoms in total. The molecule has 136 valence electrons. The van der Waals surface area contributed by atoms with Crippen LogP contribution in [0.3, 0.4) is 0 Å². The first-order valence-corrected chi connectivity index (χ1v) is 8.43. The second kappa shape index (κ2) is 6.42. The average Bonchev–Trinajstić information content (AvgIpc) is 2.93. The molecule has 3 aliphatic rings. The van der Waals surface area contributed by atoms with Crippen LogP contribution in [-0.4, -0.2) is 50.6 Å². The summed E-state index contributed by atoms with van der Waals surface area (Å²) >= 11 is 0. The third-order valence-corrected chi connectivity index (χ3v) is 4.10. The molecule has 1 N–H and O–H groups in total. The SMILES string of the molecule is Cc1c2oc(=NC3CCN(C(=O)OC(C)(C)C)CC3)nc-2ccn1O. The van der Waals surface area contributed by atoms with Gasteiger partial charge >= 0.3 is 11.8 Å². The van der Waals surface area contributed by atoms with Gasteiger partial charge in [0, 0.05) is 19.3 Å². The first-order chi connectivity index (χ1) is 11.7. The second-order valence-corrected chi connectivity index (χ2v) is 7.28. The number of nitrogens with zero attached hydrogens (tertiary/aromatic N) is 4. The van der Waals surface area contributed by atoms with Crippen LogP contribution in [0.5, 0.6) is 0 Å². The van der Waals surface area contributed by atoms with E-state index in [0.717, 1.165) is 17.6 Å². The zero-order chi connectivity index (χ0) is 18.2. The summed E-state index contributed by atoms with van der Waals surface area (Å²) in [4.78, 5) is 22.7. The maximum absolute atomic E-state index is 12.1. The van der Waals surface area contributed by atoms with Crippen molar-refractivity contribution in [2.24, 2.45) is 4.99 Å². The molecule has 1 amide bonds. The molecule has 1 fully saturated rings. The van der Waals surface area contributed by atoms with Crippen molar-refractivity contribution in [2.75, 3.05) is 13.1 Å². The number of aromatic nitrogens is 2. The molecule has 0 unspecified atom stereocenters. The van der Waals surface area contributed by atoms with Crippen molar-refractivity contribution in [3.05, 3.63) is 23.6 Å². The topological polar surface area (TPSA) is 93.1 Å². The monoisotopic (exact) mass is 348 g/mol. The molecule has 3 rings (SSSR count). The predicted molar refractivity (Wildman–Crippen MR) is 89.4 cm³/mol. The highest BCUT2D eigenvalue weighted by molar-refractivity contribution is 5.68. The third kappa shape index (κ3) is 3.94. The highest BCUT2D eigenvalue weighted by atomic mass is 16.6. The van der Waals surface area contributed by atoms with Gasteiger partial charge in [-0.2, -0.15) is 9.71 Å². The molecular formula is C17H24N4O4. The fourth-order valence-electron chi connectivity index (χ4n) is 2.76. The molecule has 25 heavy (non-hydrogen) atoms. The average molecular weight is 348 g/mol. The lowest BCUT2D eigenvalue weighted by Crippen LogP contribution is -2.42. The Bertz CT molecular complexity index is 794. The van der Waals surface area contributed by atoms with Crippen LogP contribution in [-0.2, 0) is 4.74 Å². The lowest BCUT2D eigenvalue weighted by molar-refractivity contribution is 0.0206. The minimum atomic E-state index is -0.488. The quantitative estimate of drug-likeness (QED) is 0.799. The predicted octanol–water partition coefficient (Wildman–Crippen LogP) is 2.43. The van der Waals surface area contributed by atoms with E-state index in [-0.39, 0.29) is 12.1 Å². The van der Waals surface area contributed by atoms with E-state index < -0.39 is 5.60 Å². The van der Waals surface area contributed by atoms with Crippen LogP contribution in [0.15, 0.2) is 21.7 Å². The van der Waals surface area contributed by atoms with Crippen LogP contribution in [0.2, 0.25) is 0 Å². The molecule has 8 heteroatoms. The summed E-state index contributed by atoms with van der Waals surface area (Å²) in [5.41, 5.74) is 1.05. The summed E-state index contributed by atoms with van der Waals surface area (Å²) in [6.45, 7) is 8.52. The number of rotatable bonds is 1. The van der Waals surface area contributed by atoms with Crippen LogP contribution in [0, 0.1) is 6.92 Å². The van der Waals surface area contributed by atoms with E-state index in [1.165, 1.54) is 6.20 Å². The smallest absolute Gasteiger partial charge is 0.410 e. The number of amides is 1. The molecule has 0 radical (unpaired) electrons. The van der Waals surface area contributed by atoms with Gasteiger partial charge in [-0.1, -0.05) is 0 Å². The van der Waals surface area contributed by atoms with Gasteiger partial charge < -0.3 is 19.3 Å². The van der Waals surface area contributed by atoms with Crippen molar-refractivity contribution < 1.29 is 19.2 Å². The van der Waals surface area contributed by atoms with Gasteiger partial charge in [-0.3, -0.25) is 0 Å². The van der Waals surface area contributed by atoms with Crippen molar-refractivity contribution in [2.45, 2.75) is 52.2 Å². The van der Waals surface area contributed by atoms with Gasteiger partial charge in [-0.25, -0.2) is 9.79 Å². The lowest BCUT2D eigenvalue weighted by Gasteiger charge is -2.31. The van der Waals surface area contributed by atoms with E-state index >= 15 is 0 Å². The molecule has 0 aromatic heterocycles. The largest absolute Gasteiger partial charge is 0.444 e. The van der Waals surface area contributed by atoms with E-state index in [9.17, 15) is 10.0 Å². The number of likely N-dealkylation sites (tertiary alicyclic amines) is 1. The van der Waals surface area contributed by atoms with Gasteiger partial charge in [0.2, 0.25) is 0 Å². The lowest BCUT2D eigenvalue weighted by atomic mass is 10.1. The highest BCUT2D eigenvalue weighted by Crippen LogP contribution is 2.21. The Kier molecular flexibility index (Phi) is 4.45. The van der Waals surface area contributed by atoms with Crippen LogP contribution in [0.25, 0.3) is 11.5 Å². The standard InChI is InChI=1S/C17H24N4O4/c1-11-14-13(7-10-21(11)23)19-15(24-14)18-12-5-8-20(9-6-12)16(22)25-17(2,3)4/h7,10,12,23H,5-6,8-9H2,1-4H3. The van der Waals surface area contributed by atoms with E-state index in [0.29, 0.717) is 35.9 Å². The maximum atomic E-state index is 12.1. The summed E-state index contributed by atoms with van der Waals surface area (Å²) < 4.78 is 12.0. The van der Waals surface area contributed by atoms with Crippen molar-refractivity contribution >= 4 is 6.09 Å². The zero-order valence-electron chi connectivity index (χ0n) is 15.0. The number of pyridine rings is 1. The van der Waals surface area contributed by atoms with Gasteiger partial charge in [0.15, 0.2) is 5.76 Å². The maximum Gasteiger partial charge on any atom is 0.410 e. The van der Waals surface area contributed by atoms with E-state index in [1.807, 2.05) is 20.8 Å². The molecule has 0 aromatic rings. The number of hydrogen-bond donors (Lipinski definition) is 1. The summed E-state index contributed by atoms with van der Waals surface area (Å²) in [7, 11) is 0. The Morgan fingerprint density at radius 1 is 1.40 bits per heavy atom. The molecule has 1 saturated heterocycles. The summed E-state index contributed by atoms with van der Waals surface area (Å²) in [6.07, 6.45) is 2.70. The molecule has 0 aliphatic carbocycles. The van der Waals surface area contributed by atoms with Crippen molar-refractivity contribution in [3.63, 3.8) is 0 Å². The third-order valence-electron chi connectivity index (χ3n) is 4.10. The molecule has 3 aliphatic heterocycles. The number of oxazole rings is 1. The molecule has 3 heterocycles. The number of carbonyl (C=O) groups excluding carboxylic acids is 1. The first kappa shape index (κ1) is 17.3. The number of piperidine rings is 1. The molecule has 0 aromatic carbocycles. The van der Waals surface area contributed by atoms with Crippen molar-refractivity contribution in [1.82, 2.24) is 14.6 Å². The van der Waals surface area contributed by atoms with Gasteiger partial charge in [-0.05, 0) is 46.6 Å². The second-order valence-electron chi connectivity index (χ2n) is 7.28. The van der Waals surface area contributed by atoms with Crippen LogP contribution < -0.4 is 5.68 Å². The van der Waals surface area contributed by atoms with E-state index in [4.69, 9.17) is 9.15 Å².